The summed E-state index contributed by atoms with van der Waals surface area (Å²) >= 11 is 6.27. The maximum Gasteiger partial charge on any atom is 0.323 e. The lowest BCUT2D eigenvalue weighted by atomic mass is 10.1. The summed E-state index contributed by atoms with van der Waals surface area (Å²) in [6.07, 6.45) is 0. The first-order valence-electron chi connectivity index (χ1n) is 8.59. The zero-order valence-corrected chi connectivity index (χ0v) is 17.3. The molecule has 3 rings (SSSR count). The van der Waals surface area contributed by atoms with Gasteiger partial charge in [-0.3, -0.25) is 9.36 Å². The Labute approximate surface area is 176 Å². The zero-order valence-electron chi connectivity index (χ0n) is 15.6. The number of nitrogens with zero attached hydrogens (tertiary/aromatic N) is 1. The zero-order chi connectivity index (χ0) is 21.0. The molecular formula is C21H19NO5S2. The van der Waals surface area contributed by atoms with Gasteiger partial charge in [-0.15, -0.1) is 11.3 Å². The molecule has 0 aliphatic rings. The fraction of sp³-hybridized carbons (Fsp3) is 0.143. The van der Waals surface area contributed by atoms with Gasteiger partial charge in [0.1, 0.15) is 13.2 Å². The highest BCUT2D eigenvalue weighted by atomic mass is 32.1. The van der Waals surface area contributed by atoms with Crippen LogP contribution in [0, 0.1) is 3.95 Å². The summed E-state index contributed by atoms with van der Waals surface area (Å²) in [4.78, 5) is 11.4. The molecule has 0 aliphatic heterocycles. The Balaban J connectivity index is 1.85. The summed E-state index contributed by atoms with van der Waals surface area (Å²) < 4.78 is 12.7. The summed E-state index contributed by atoms with van der Waals surface area (Å²) in [6.45, 7) is 4.02. The van der Waals surface area contributed by atoms with E-state index >= 15 is 0 Å². The fourth-order valence-electron chi connectivity index (χ4n) is 2.71. The molecule has 0 saturated carbocycles. The Morgan fingerprint density at radius 3 is 2.59 bits per heavy atom. The van der Waals surface area contributed by atoms with Crippen molar-refractivity contribution >= 4 is 35.1 Å². The van der Waals surface area contributed by atoms with Crippen LogP contribution in [-0.2, 0) is 17.9 Å². The van der Waals surface area contributed by atoms with E-state index in [0.717, 1.165) is 21.5 Å². The molecule has 0 radical (unpaired) electrons. The number of ether oxygens (including phenoxy) is 2. The first-order chi connectivity index (χ1) is 13.9. The number of hydrogen-bond donors (Lipinski definition) is 2. The molecule has 8 heteroatoms. The van der Waals surface area contributed by atoms with Crippen LogP contribution in [0.5, 0.6) is 17.4 Å². The van der Waals surface area contributed by atoms with Crippen LogP contribution in [0.1, 0.15) is 16.0 Å². The third-order valence-electron chi connectivity index (χ3n) is 4.19. The maximum atomic E-state index is 11.0. The van der Waals surface area contributed by atoms with Gasteiger partial charge in [0.05, 0.1) is 12.0 Å². The third-order valence-corrected chi connectivity index (χ3v) is 5.68. The van der Waals surface area contributed by atoms with Crippen molar-refractivity contribution in [3.63, 3.8) is 0 Å². The Kier molecular flexibility index (Phi) is 6.36. The molecule has 2 aromatic carbocycles. The Morgan fingerprint density at radius 2 is 1.93 bits per heavy atom. The van der Waals surface area contributed by atoms with E-state index in [4.69, 9.17) is 26.8 Å². The standard InChI is InChI=1S/C21H19NO5S2/c1-13(19-20(25)22(11-18(23)24)21(28)29-19)15-8-9-16(17(10-15)26-2)27-12-14-6-4-3-5-7-14/h3-10,25H,1,11-12H2,2H3,(H,23,24). The summed E-state index contributed by atoms with van der Waals surface area (Å²) in [5.74, 6) is -0.204. The molecule has 0 amide bonds. The molecule has 0 aliphatic carbocycles. The van der Waals surface area contributed by atoms with Crippen molar-refractivity contribution in [1.82, 2.24) is 4.57 Å². The molecule has 3 aromatic rings. The average molecular weight is 430 g/mol. The van der Waals surface area contributed by atoms with Crippen molar-refractivity contribution in [2.45, 2.75) is 13.2 Å². The van der Waals surface area contributed by atoms with Crippen LogP contribution in [0.25, 0.3) is 5.57 Å². The Hall–Kier alpha value is -3.10. The van der Waals surface area contributed by atoms with Gasteiger partial charge in [0.15, 0.2) is 15.5 Å². The van der Waals surface area contributed by atoms with Gasteiger partial charge in [-0.1, -0.05) is 43.0 Å². The van der Waals surface area contributed by atoms with E-state index in [1.54, 1.807) is 25.3 Å². The molecule has 0 spiro atoms. The predicted molar refractivity (Wildman–Crippen MR) is 114 cm³/mol. The number of rotatable bonds is 8. The molecule has 1 heterocycles. The number of aliphatic carboxylic acids is 1. The summed E-state index contributed by atoms with van der Waals surface area (Å²) in [6, 6.07) is 15.1. The molecule has 0 saturated heterocycles. The first-order valence-corrected chi connectivity index (χ1v) is 9.82. The van der Waals surface area contributed by atoms with Crippen molar-refractivity contribution < 1.29 is 24.5 Å². The van der Waals surface area contributed by atoms with Crippen LogP contribution in [-0.4, -0.2) is 27.9 Å². The summed E-state index contributed by atoms with van der Waals surface area (Å²) in [7, 11) is 1.54. The number of carbonyl (C=O) groups is 1. The molecule has 150 valence electrons. The normalized spacial score (nSPS) is 10.5. The number of carboxylic acid groups (broad SMARTS) is 1. The molecule has 29 heavy (non-hydrogen) atoms. The lowest BCUT2D eigenvalue weighted by Crippen LogP contribution is -2.08. The van der Waals surface area contributed by atoms with E-state index in [-0.39, 0.29) is 9.83 Å². The van der Waals surface area contributed by atoms with Gasteiger partial charge in [-0.2, -0.15) is 0 Å². The lowest BCUT2D eigenvalue weighted by molar-refractivity contribution is -0.137. The van der Waals surface area contributed by atoms with Crippen LogP contribution < -0.4 is 9.47 Å². The quantitative estimate of drug-likeness (QED) is 0.505. The van der Waals surface area contributed by atoms with Crippen molar-refractivity contribution in [2.24, 2.45) is 0 Å². The molecule has 6 nitrogen and oxygen atoms in total. The van der Waals surface area contributed by atoms with Gasteiger partial charge in [0.25, 0.3) is 0 Å². The van der Waals surface area contributed by atoms with Crippen LogP contribution in [0.3, 0.4) is 0 Å². The Morgan fingerprint density at radius 1 is 1.21 bits per heavy atom. The third kappa shape index (κ3) is 4.67. The smallest absolute Gasteiger partial charge is 0.323 e. The summed E-state index contributed by atoms with van der Waals surface area (Å²) in [5.41, 5.74) is 2.24. The van der Waals surface area contributed by atoms with Crippen LogP contribution in [0.2, 0.25) is 0 Å². The number of carboxylic acids is 1. The van der Waals surface area contributed by atoms with E-state index in [1.165, 1.54) is 0 Å². The van der Waals surface area contributed by atoms with Crippen molar-refractivity contribution in [3.8, 4) is 17.4 Å². The first kappa shape index (κ1) is 20.6. The topological polar surface area (TPSA) is 80.9 Å². The van der Waals surface area contributed by atoms with E-state index in [0.29, 0.717) is 34.1 Å². The Bertz CT molecular complexity index is 1100. The minimum absolute atomic E-state index is 0.212. The largest absolute Gasteiger partial charge is 0.493 e. The average Bonchev–Trinajstić information content (AvgIpc) is 3.00. The summed E-state index contributed by atoms with van der Waals surface area (Å²) in [5, 5.41) is 19.4. The van der Waals surface area contributed by atoms with Crippen molar-refractivity contribution in [3.05, 3.63) is 75.1 Å². The molecule has 2 N–H and O–H groups in total. The van der Waals surface area contributed by atoms with Crippen LogP contribution in [0.15, 0.2) is 55.1 Å². The number of benzene rings is 2. The fourth-order valence-corrected chi connectivity index (χ4v) is 3.99. The number of aromatic hydroxyl groups is 1. The monoisotopic (exact) mass is 429 g/mol. The van der Waals surface area contributed by atoms with E-state index in [1.807, 2.05) is 30.3 Å². The number of hydrogen-bond acceptors (Lipinski definition) is 6. The van der Waals surface area contributed by atoms with Gasteiger partial charge in [-0.05, 0) is 41.1 Å². The lowest BCUT2D eigenvalue weighted by Gasteiger charge is -2.13. The van der Waals surface area contributed by atoms with Gasteiger partial charge >= 0.3 is 5.97 Å². The molecule has 1 aromatic heterocycles. The molecule has 0 atom stereocenters. The maximum absolute atomic E-state index is 11.0. The molecule has 0 bridgehead atoms. The van der Waals surface area contributed by atoms with Gasteiger partial charge in [-0.25, -0.2) is 0 Å². The van der Waals surface area contributed by atoms with E-state index < -0.39 is 12.5 Å². The number of methoxy groups -OCH3 is 1. The highest BCUT2D eigenvalue weighted by Gasteiger charge is 2.18. The van der Waals surface area contributed by atoms with Gasteiger partial charge in [0.2, 0.25) is 5.88 Å². The van der Waals surface area contributed by atoms with Gasteiger partial charge in [0, 0.05) is 0 Å². The highest BCUT2D eigenvalue weighted by Crippen LogP contribution is 2.38. The van der Waals surface area contributed by atoms with Crippen LogP contribution >= 0.6 is 23.6 Å². The SMILES string of the molecule is C=C(c1ccc(OCc2ccccc2)c(OC)c1)c1sc(=S)n(CC(=O)O)c1O. The molecule has 0 unspecified atom stereocenters. The minimum atomic E-state index is -1.09. The van der Waals surface area contributed by atoms with E-state index in [2.05, 4.69) is 6.58 Å². The van der Waals surface area contributed by atoms with Crippen molar-refractivity contribution in [2.75, 3.05) is 7.11 Å². The molecular weight excluding hydrogens is 410 g/mol. The van der Waals surface area contributed by atoms with Gasteiger partial charge < -0.3 is 19.7 Å². The number of aromatic nitrogens is 1. The van der Waals surface area contributed by atoms with Crippen LogP contribution in [0.4, 0.5) is 0 Å². The molecule has 0 fully saturated rings. The van der Waals surface area contributed by atoms with E-state index in [9.17, 15) is 9.90 Å². The second-order valence-electron chi connectivity index (χ2n) is 6.12. The van der Waals surface area contributed by atoms with Crippen molar-refractivity contribution in [1.29, 1.82) is 0 Å². The second-order valence-corrected chi connectivity index (χ2v) is 7.76. The minimum Gasteiger partial charge on any atom is -0.493 e. The second kappa shape index (κ2) is 8.93. The number of thiazole rings is 1. The highest BCUT2D eigenvalue weighted by molar-refractivity contribution is 7.73. The predicted octanol–water partition coefficient (Wildman–Crippen LogP) is 4.72.